The van der Waals surface area contributed by atoms with Gasteiger partial charge >= 0.3 is 0 Å². The first-order valence-electron chi connectivity index (χ1n) is 5.34. The summed E-state index contributed by atoms with van der Waals surface area (Å²) >= 11 is 1.83. The Hall–Kier alpha value is -1.01. The molecule has 0 aliphatic rings. The van der Waals surface area contributed by atoms with Gasteiger partial charge in [0.1, 0.15) is 11.9 Å². The quantitative estimate of drug-likeness (QED) is 0.791. The lowest BCUT2D eigenvalue weighted by Crippen LogP contribution is -2.05. The summed E-state index contributed by atoms with van der Waals surface area (Å²) in [4.78, 5) is 0. The molecule has 1 unspecified atom stereocenters. The third-order valence-electron chi connectivity index (χ3n) is 2.60. The van der Waals surface area contributed by atoms with Gasteiger partial charge in [0.25, 0.3) is 0 Å². The van der Waals surface area contributed by atoms with Crippen LogP contribution in [0.3, 0.4) is 0 Å². The third kappa shape index (κ3) is 3.53. The van der Waals surface area contributed by atoms with Crippen LogP contribution in [0.2, 0.25) is 0 Å². The van der Waals surface area contributed by atoms with E-state index in [0.29, 0.717) is 11.2 Å². The van der Waals surface area contributed by atoms with E-state index >= 15 is 0 Å². The molecule has 3 heteroatoms. The normalized spacial score (nSPS) is 12.5. The van der Waals surface area contributed by atoms with Gasteiger partial charge in [0.05, 0.1) is 5.56 Å². The molecule has 86 valence electrons. The van der Waals surface area contributed by atoms with E-state index in [-0.39, 0.29) is 5.56 Å². The molecule has 1 atom stereocenters. The summed E-state index contributed by atoms with van der Waals surface area (Å²) < 4.78 is 13.1. The van der Waals surface area contributed by atoms with E-state index in [4.69, 9.17) is 5.26 Å². The molecule has 0 saturated heterocycles. The molecule has 0 aliphatic carbocycles. The molecule has 0 aliphatic heterocycles. The van der Waals surface area contributed by atoms with Gasteiger partial charge in [0.2, 0.25) is 0 Å². The van der Waals surface area contributed by atoms with Crippen LogP contribution in [-0.2, 0) is 5.75 Å². The van der Waals surface area contributed by atoms with Crippen LogP contribution >= 0.6 is 11.8 Å². The fraction of sp³-hybridized carbons (Fsp3) is 0.462. The first-order chi connectivity index (χ1) is 7.54. The van der Waals surface area contributed by atoms with Crippen molar-refractivity contribution >= 4 is 11.8 Å². The van der Waals surface area contributed by atoms with Crippen molar-refractivity contribution in [3.05, 3.63) is 35.1 Å². The number of nitrogens with zero attached hydrogens (tertiary/aromatic N) is 1. The van der Waals surface area contributed by atoms with Gasteiger partial charge in [0.15, 0.2) is 0 Å². The molecule has 0 heterocycles. The minimum atomic E-state index is -0.437. The SMILES string of the molecule is CC(C)C(C)SCc1ccc(F)c(C#N)c1. The summed E-state index contributed by atoms with van der Waals surface area (Å²) in [6, 6.07) is 6.61. The highest BCUT2D eigenvalue weighted by Gasteiger charge is 2.08. The second-order valence-electron chi connectivity index (χ2n) is 4.19. The molecule has 0 N–H and O–H groups in total. The van der Waals surface area contributed by atoms with Crippen LogP contribution in [0, 0.1) is 23.1 Å². The molecule has 1 rings (SSSR count). The standard InChI is InChI=1S/C13H16FNS/c1-9(2)10(3)16-8-11-4-5-13(14)12(6-11)7-15/h4-6,9-10H,8H2,1-3H3. The zero-order valence-corrected chi connectivity index (χ0v) is 10.6. The van der Waals surface area contributed by atoms with Crippen molar-refractivity contribution in [3.8, 4) is 6.07 Å². The second-order valence-corrected chi connectivity index (χ2v) is 5.55. The minimum absolute atomic E-state index is 0.135. The average Bonchev–Trinajstić information content (AvgIpc) is 2.27. The maximum atomic E-state index is 13.1. The van der Waals surface area contributed by atoms with E-state index in [1.165, 1.54) is 6.07 Å². The first kappa shape index (κ1) is 13.1. The maximum absolute atomic E-state index is 13.1. The number of thioether (sulfide) groups is 1. The number of hydrogen-bond acceptors (Lipinski definition) is 2. The molecular weight excluding hydrogens is 221 g/mol. The van der Waals surface area contributed by atoms with E-state index in [9.17, 15) is 4.39 Å². The summed E-state index contributed by atoms with van der Waals surface area (Å²) in [6.45, 7) is 6.55. The van der Waals surface area contributed by atoms with E-state index < -0.39 is 5.82 Å². The van der Waals surface area contributed by atoms with Gasteiger partial charge in [-0.1, -0.05) is 26.8 Å². The highest BCUT2D eigenvalue weighted by molar-refractivity contribution is 7.99. The van der Waals surface area contributed by atoms with E-state index in [1.54, 1.807) is 12.1 Å². The van der Waals surface area contributed by atoms with Gasteiger partial charge in [-0.3, -0.25) is 0 Å². The molecule has 1 aromatic rings. The van der Waals surface area contributed by atoms with Crippen LogP contribution in [0.4, 0.5) is 4.39 Å². The van der Waals surface area contributed by atoms with Gasteiger partial charge < -0.3 is 0 Å². The molecule has 0 spiro atoms. The molecule has 0 saturated carbocycles. The van der Waals surface area contributed by atoms with Crippen LogP contribution in [0.25, 0.3) is 0 Å². The van der Waals surface area contributed by atoms with Crippen LogP contribution < -0.4 is 0 Å². The van der Waals surface area contributed by atoms with Gasteiger partial charge in [-0.05, 0) is 23.6 Å². The van der Waals surface area contributed by atoms with Crippen molar-refractivity contribution in [2.75, 3.05) is 0 Å². The summed E-state index contributed by atoms with van der Waals surface area (Å²) in [5, 5.41) is 9.28. The molecule has 0 amide bonds. The Balaban J connectivity index is 2.65. The van der Waals surface area contributed by atoms with E-state index in [2.05, 4.69) is 20.8 Å². The average molecular weight is 237 g/mol. The minimum Gasteiger partial charge on any atom is -0.206 e. The molecule has 0 fully saturated rings. The molecule has 0 aromatic heterocycles. The summed E-state index contributed by atoms with van der Waals surface area (Å²) in [5.74, 6) is 1.02. The largest absolute Gasteiger partial charge is 0.206 e. The Morgan fingerprint density at radius 2 is 2.06 bits per heavy atom. The second kappa shape index (κ2) is 5.91. The van der Waals surface area contributed by atoms with Gasteiger partial charge in [-0.15, -0.1) is 0 Å². The number of rotatable bonds is 4. The summed E-state index contributed by atoms with van der Waals surface area (Å²) in [5.41, 5.74) is 1.14. The van der Waals surface area contributed by atoms with Gasteiger partial charge in [-0.25, -0.2) is 4.39 Å². The Morgan fingerprint density at radius 1 is 1.38 bits per heavy atom. The van der Waals surface area contributed by atoms with E-state index in [0.717, 1.165) is 11.3 Å². The molecule has 16 heavy (non-hydrogen) atoms. The van der Waals surface area contributed by atoms with Gasteiger partial charge in [-0.2, -0.15) is 17.0 Å². The highest BCUT2D eigenvalue weighted by atomic mass is 32.2. The molecule has 0 bridgehead atoms. The van der Waals surface area contributed by atoms with Crippen LogP contribution in [0.1, 0.15) is 31.9 Å². The summed E-state index contributed by atoms with van der Waals surface area (Å²) in [6.07, 6.45) is 0. The lowest BCUT2D eigenvalue weighted by atomic mass is 10.1. The van der Waals surface area contributed by atoms with Crippen molar-refractivity contribution in [2.24, 2.45) is 5.92 Å². The molecule has 0 radical (unpaired) electrons. The number of nitriles is 1. The first-order valence-corrected chi connectivity index (χ1v) is 6.39. The highest BCUT2D eigenvalue weighted by Crippen LogP contribution is 2.23. The fourth-order valence-corrected chi connectivity index (χ4v) is 2.19. The van der Waals surface area contributed by atoms with Crippen molar-refractivity contribution in [1.82, 2.24) is 0 Å². The number of halogens is 1. The third-order valence-corrected chi connectivity index (χ3v) is 4.17. The number of hydrogen-bond donors (Lipinski definition) is 0. The Morgan fingerprint density at radius 3 is 2.62 bits per heavy atom. The predicted octanol–water partition coefficient (Wildman–Crippen LogP) is 3.98. The summed E-state index contributed by atoms with van der Waals surface area (Å²) in [7, 11) is 0. The predicted molar refractivity (Wildman–Crippen MR) is 66.7 cm³/mol. The van der Waals surface area contributed by atoms with Crippen molar-refractivity contribution in [2.45, 2.75) is 31.8 Å². The lowest BCUT2D eigenvalue weighted by Gasteiger charge is -2.14. The van der Waals surface area contributed by atoms with E-state index in [1.807, 2.05) is 17.8 Å². The zero-order valence-electron chi connectivity index (χ0n) is 9.83. The monoisotopic (exact) mass is 237 g/mol. The molecule has 1 aromatic carbocycles. The molecular formula is C13H16FNS. The molecule has 1 nitrogen and oxygen atoms in total. The van der Waals surface area contributed by atoms with Crippen molar-refractivity contribution in [1.29, 1.82) is 5.26 Å². The maximum Gasteiger partial charge on any atom is 0.140 e. The van der Waals surface area contributed by atoms with Gasteiger partial charge in [0, 0.05) is 11.0 Å². The Labute approximate surface area is 101 Å². The van der Waals surface area contributed by atoms with Crippen LogP contribution in [0.5, 0.6) is 0 Å². The zero-order chi connectivity index (χ0) is 12.1. The van der Waals surface area contributed by atoms with Crippen LogP contribution in [0.15, 0.2) is 18.2 Å². The smallest absolute Gasteiger partial charge is 0.140 e. The Kier molecular flexibility index (Phi) is 4.82. The van der Waals surface area contributed by atoms with Crippen LogP contribution in [-0.4, -0.2) is 5.25 Å². The topological polar surface area (TPSA) is 23.8 Å². The van der Waals surface area contributed by atoms with Crippen molar-refractivity contribution < 1.29 is 4.39 Å². The van der Waals surface area contributed by atoms with Crippen molar-refractivity contribution in [3.63, 3.8) is 0 Å². The fourth-order valence-electron chi connectivity index (χ4n) is 1.17. The lowest BCUT2D eigenvalue weighted by molar-refractivity contribution is 0.623. The number of benzene rings is 1. The Bertz CT molecular complexity index is 395.